The number of fused-ring (bicyclic) bond motifs is 3. The lowest BCUT2D eigenvalue weighted by atomic mass is 9.37. The summed E-state index contributed by atoms with van der Waals surface area (Å²) in [4.78, 5) is 12.5. The van der Waals surface area contributed by atoms with Crippen LogP contribution in [0.2, 0.25) is 0 Å². The van der Waals surface area contributed by atoms with Crippen LogP contribution >= 0.6 is 0 Å². The minimum Gasteiger partial charge on any atom is -0.469 e. The van der Waals surface area contributed by atoms with Crippen molar-refractivity contribution in [2.24, 2.45) is 45.8 Å². The minimum atomic E-state index is -1.55. The van der Waals surface area contributed by atoms with Gasteiger partial charge in [0.15, 0.2) is 6.29 Å². The van der Waals surface area contributed by atoms with Gasteiger partial charge < -0.3 is 39.7 Å². The zero-order valence-electron chi connectivity index (χ0n) is 30.2. The van der Waals surface area contributed by atoms with Gasteiger partial charge in [-0.05, 0) is 111 Å². The summed E-state index contributed by atoms with van der Waals surface area (Å²) >= 11 is 0. The number of aliphatic hydroxyl groups is 5. The fourth-order valence-corrected chi connectivity index (χ4v) is 10.8. The van der Waals surface area contributed by atoms with Gasteiger partial charge in [0.1, 0.15) is 24.4 Å². The molecule has 5 N–H and O–H groups in total. The second-order valence-electron chi connectivity index (χ2n) is 16.9. The average Bonchev–Trinajstić information content (AvgIpc) is 3.40. The maximum absolute atomic E-state index is 12.5. The van der Waals surface area contributed by atoms with Crippen molar-refractivity contribution in [3.8, 4) is 0 Å². The molecule has 1 heterocycles. The summed E-state index contributed by atoms with van der Waals surface area (Å²) in [5.41, 5.74) is 0.448. The van der Waals surface area contributed by atoms with Gasteiger partial charge in [0, 0.05) is 6.42 Å². The van der Waals surface area contributed by atoms with Crippen LogP contribution < -0.4 is 0 Å². The molecule has 0 amide bonds. The molecule has 9 nitrogen and oxygen atoms in total. The molecule has 0 spiro atoms. The number of rotatable bonds is 12. The molecule has 14 unspecified atom stereocenters. The Balaban J connectivity index is 1.80. The normalized spacial score (nSPS) is 44.7. The van der Waals surface area contributed by atoms with Crippen molar-refractivity contribution in [1.29, 1.82) is 0 Å². The summed E-state index contributed by atoms with van der Waals surface area (Å²) in [6, 6.07) is 0. The number of allylic oxidation sites excluding steroid dienone is 2. The molecular formula is C38H64O9. The lowest BCUT2D eigenvalue weighted by Gasteiger charge is -2.68. The summed E-state index contributed by atoms with van der Waals surface area (Å²) in [5, 5.41) is 54.4. The third-order valence-corrected chi connectivity index (χ3v) is 14.0. The number of carbonyl (C=O) groups excluding carboxylic acids is 1. The van der Waals surface area contributed by atoms with Crippen LogP contribution in [-0.2, 0) is 19.0 Å². The highest BCUT2D eigenvalue weighted by Gasteiger charge is 2.70. The predicted octanol–water partition coefficient (Wildman–Crippen LogP) is 4.92. The van der Waals surface area contributed by atoms with E-state index in [1.54, 1.807) is 0 Å². The van der Waals surface area contributed by atoms with Crippen LogP contribution in [0.15, 0.2) is 24.3 Å². The van der Waals surface area contributed by atoms with E-state index in [1.165, 1.54) is 7.11 Å². The molecule has 14 atom stereocenters. The molecule has 0 aromatic heterocycles. The zero-order chi connectivity index (χ0) is 35.3. The maximum Gasteiger partial charge on any atom is 0.305 e. The molecule has 4 rings (SSSR count). The summed E-state index contributed by atoms with van der Waals surface area (Å²) in [6.45, 7) is 23.4. The summed E-state index contributed by atoms with van der Waals surface area (Å²) in [5.74, 6) is 0.136. The number of hydrogen-bond donors (Lipinski definition) is 5. The fraction of sp³-hybridized carbons (Fsp3) is 0.868. The molecule has 0 aromatic rings. The molecule has 1 aliphatic heterocycles. The summed E-state index contributed by atoms with van der Waals surface area (Å²) < 4.78 is 17.8. The van der Waals surface area contributed by atoms with Gasteiger partial charge in [0.05, 0.1) is 25.4 Å². The summed E-state index contributed by atoms with van der Waals surface area (Å²) in [6.07, 6.45) is -0.985. The quantitative estimate of drug-likeness (QED) is 0.112. The van der Waals surface area contributed by atoms with E-state index < -0.39 is 49.0 Å². The van der Waals surface area contributed by atoms with Crippen molar-refractivity contribution in [2.45, 2.75) is 149 Å². The molecule has 3 saturated carbocycles. The van der Waals surface area contributed by atoms with E-state index in [1.807, 2.05) is 6.92 Å². The van der Waals surface area contributed by atoms with E-state index in [2.05, 4.69) is 54.7 Å². The Kier molecular flexibility index (Phi) is 11.6. The Labute approximate surface area is 282 Å². The number of ether oxygens (including phenoxy) is 3. The van der Waals surface area contributed by atoms with E-state index in [0.29, 0.717) is 38.0 Å². The van der Waals surface area contributed by atoms with Gasteiger partial charge in [0.25, 0.3) is 0 Å². The van der Waals surface area contributed by atoms with Gasteiger partial charge in [-0.25, -0.2) is 0 Å². The van der Waals surface area contributed by atoms with Gasteiger partial charge in [0.2, 0.25) is 0 Å². The molecule has 0 radical (unpaired) electrons. The number of aliphatic hydroxyl groups excluding tert-OH is 4. The topological polar surface area (TPSA) is 146 Å². The molecule has 270 valence electrons. The van der Waals surface area contributed by atoms with Crippen molar-refractivity contribution in [3.05, 3.63) is 24.3 Å². The van der Waals surface area contributed by atoms with Crippen LogP contribution in [0.4, 0.5) is 0 Å². The van der Waals surface area contributed by atoms with Gasteiger partial charge >= 0.3 is 5.97 Å². The Bertz CT molecular complexity index is 1150. The minimum absolute atomic E-state index is 0.0932. The monoisotopic (exact) mass is 664 g/mol. The van der Waals surface area contributed by atoms with E-state index in [4.69, 9.17) is 14.2 Å². The van der Waals surface area contributed by atoms with Crippen molar-refractivity contribution >= 4 is 5.97 Å². The van der Waals surface area contributed by atoms with E-state index in [-0.39, 0.29) is 45.9 Å². The van der Waals surface area contributed by atoms with Crippen LogP contribution in [0.5, 0.6) is 0 Å². The van der Waals surface area contributed by atoms with Crippen molar-refractivity contribution in [1.82, 2.24) is 0 Å². The molecular weight excluding hydrogens is 600 g/mol. The van der Waals surface area contributed by atoms with Crippen LogP contribution in [0.1, 0.15) is 106 Å². The molecule has 1 saturated heterocycles. The van der Waals surface area contributed by atoms with Crippen molar-refractivity contribution in [3.63, 3.8) is 0 Å². The van der Waals surface area contributed by atoms with Crippen molar-refractivity contribution < 1.29 is 44.5 Å². The van der Waals surface area contributed by atoms with Crippen LogP contribution in [0.3, 0.4) is 0 Å². The molecule has 9 heteroatoms. The van der Waals surface area contributed by atoms with Crippen molar-refractivity contribution in [2.75, 3.05) is 13.7 Å². The smallest absolute Gasteiger partial charge is 0.305 e. The standard InChI is InChI=1S/C38H64O9/c1-21(2)23(5)11-18-38(9,44)25-13-17-37(8)30(25)26(46-34-33(43)32(42)31(41)27(20-39)47-34)19-28-35(6,15-14-29(40)45-10)24(22(3)4)12-16-36(28,37)7/h21,24-28,30-34,39,41-44H,3,5,11-20H2,1-2,4,6-10H3. The third kappa shape index (κ3) is 6.76. The summed E-state index contributed by atoms with van der Waals surface area (Å²) in [7, 11) is 1.42. The fourth-order valence-electron chi connectivity index (χ4n) is 10.8. The molecule has 47 heavy (non-hydrogen) atoms. The van der Waals surface area contributed by atoms with Crippen LogP contribution in [0.25, 0.3) is 0 Å². The Morgan fingerprint density at radius 2 is 1.66 bits per heavy atom. The first-order valence-electron chi connectivity index (χ1n) is 17.9. The Morgan fingerprint density at radius 3 is 2.23 bits per heavy atom. The molecule has 4 fully saturated rings. The lowest BCUT2D eigenvalue weighted by molar-refractivity contribution is -0.332. The first-order valence-corrected chi connectivity index (χ1v) is 17.9. The molecule has 4 aliphatic rings. The number of methoxy groups -OCH3 is 1. The highest BCUT2D eigenvalue weighted by molar-refractivity contribution is 5.69. The average molecular weight is 665 g/mol. The molecule has 0 bridgehead atoms. The maximum atomic E-state index is 12.5. The number of hydrogen-bond acceptors (Lipinski definition) is 9. The molecule has 0 aromatic carbocycles. The van der Waals surface area contributed by atoms with E-state index in [9.17, 15) is 30.3 Å². The van der Waals surface area contributed by atoms with Gasteiger partial charge in [-0.1, -0.05) is 58.9 Å². The SMILES string of the molecule is C=C(CCC(C)(O)C1CCC2(C)C1C(OC1OC(CO)C(O)C(O)C1O)CC1C(C)(CCC(=O)OC)C(C(=C)C)CCC12C)C(C)C. The van der Waals surface area contributed by atoms with Gasteiger partial charge in [-0.15, -0.1) is 0 Å². The lowest BCUT2D eigenvalue weighted by Crippen LogP contribution is -2.65. The van der Waals surface area contributed by atoms with E-state index >= 15 is 0 Å². The second-order valence-corrected chi connectivity index (χ2v) is 16.9. The zero-order valence-corrected chi connectivity index (χ0v) is 30.2. The highest BCUT2D eigenvalue weighted by atomic mass is 16.7. The first-order chi connectivity index (χ1) is 21.8. The van der Waals surface area contributed by atoms with E-state index in [0.717, 1.165) is 36.8 Å². The number of carbonyl (C=O) groups is 1. The highest BCUT2D eigenvalue weighted by Crippen LogP contribution is 2.74. The second kappa shape index (κ2) is 14.1. The van der Waals surface area contributed by atoms with Gasteiger partial charge in [-0.2, -0.15) is 0 Å². The largest absolute Gasteiger partial charge is 0.469 e. The Morgan fingerprint density at radius 1 is 1.02 bits per heavy atom. The van der Waals surface area contributed by atoms with Crippen LogP contribution in [-0.4, -0.2) is 87.6 Å². The predicted molar refractivity (Wildman–Crippen MR) is 180 cm³/mol. The third-order valence-electron chi connectivity index (χ3n) is 14.0. The first kappa shape index (κ1) is 38.5. The van der Waals surface area contributed by atoms with Crippen LogP contribution in [0, 0.1) is 45.8 Å². The van der Waals surface area contributed by atoms with Gasteiger partial charge in [-0.3, -0.25) is 4.79 Å². The Hall–Kier alpha value is -1.33. The molecule has 3 aliphatic carbocycles. The number of esters is 1.